The summed E-state index contributed by atoms with van der Waals surface area (Å²) in [6.45, 7) is 3.25. The van der Waals surface area contributed by atoms with Gasteiger partial charge in [0.05, 0.1) is 25.1 Å². The van der Waals surface area contributed by atoms with E-state index in [-0.39, 0.29) is 18.2 Å². The van der Waals surface area contributed by atoms with Gasteiger partial charge in [-0.05, 0) is 30.2 Å². The van der Waals surface area contributed by atoms with Gasteiger partial charge in [0.15, 0.2) is 0 Å². The molecule has 1 atom stereocenters. The van der Waals surface area contributed by atoms with Crippen LogP contribution in [0.3, 0.4) is 0 Å². The molecule has 1 unspecified atom stereocenters. The van der Waals surface area contributed by atoms with Crippen molar-refractivity contribution in [2.75, 3.05) is 12.4 Å². The Hall–Kier alpha value is -3.15. The summed E-state index contributed by atoms with van der Waals surface area (Å²) >= 11 is 0. The lowest BCUT2D eigenvalue weighted by Crippen LogP contribution is -2.29. The number of methoxy groups -OCH3 is 1. The number of anilines is 1. The van der Waals surface area contributed by atoms with Crippen molar-refractivity contribution in [3.8, 4) is 0 Å². The van der Waals surface area contributed by atoms with Gasteiger partial charge in [0.2, 0.25) is 11.8 Å². The van der Waals surface area contributed by atoms with Crippen LogP contribution >= 0.6 is 0 Å². The summed E-state index contributed by atoms with van der Waals surface area (Å²) in [5.41, 5.74) is 2.56. The highest BCUT2D eigenvalue weighted by molar-refractivity contribution is 5.95. The molecule has 26 heavy (non-hydrogen) atoms. The van der Waals surface area contributed by atoms with Crippen LogP contribution in [0.4, 0.5) is 5.69 Å². The Labute approximate surface area is 152 Å². The predicted molar refractivity (Wildman–Crippen MR) is 98.8 cm³/mol. The molecule has 2 aromatic carbocycles. The lowest BCUT2D eigenvalue weighted by Gasteiger charge is -2.18. The Morgan fingerprint density at radius 3 is 2.38 bits per heavy atom. The van der Waals surface area contributed by atoms with E-state index >= 15 is 0 Å². The number of hydrogen-bond acceptors (Lipinski definition) is 4. The first-order valence-electron chi connectivity index (χ1n) is 8.21. The summed E-state index contributed by atoms with van der Waals surface area (Å²) < 4.78 is 4.70. The SMILES string of the molecule is COC(=O)c1ccc(C)c(NC(=O)CC(NC(C)=O)c2ccccc2)c1. The number of amides is 2. The number of hydrogen-bond donors (Lipinski definition) is 2. The van der Waals surface area contributed by atoms with Gasteiger partial charge in [-0.25, -0.2) is 4.79 Å². The predicted octanol–water partition coefficient (Wildman–Crippen LogP) is 2.99. The zero-order valence-corrected chi connectivity index (χ0v) is 15.0. The highest BCUT2D eigenvalue weighted by atomic mass is 16.5. The van der Waals surface area contributed by atoms with Gasteiger partial charge in [0, 0.05) is 12.6 Å². The quantitative estimate of drug-likeness (QED) is 0.781. The van der Waals surface area contributed by atoms with Gasteiger partial charge in [0.25, 0.3) is 0 Å². The minimum absolute atomic E-state index is 0.0749. The summed E-state index contributed by atoms with van der Waals surface area (Å²) in [4.78, 5) is 35.6. The van der Waals surface area contributed by atoms with Crippen LogP contribution in [0, 0.1) is 6.92 Å². The molecule has 2 rings (SSSR count). The van der Waals surface area contributed by atoms with E-state index in [0.29, 0.717) is 11.3 Å². The molecule has 0 aliphatic heterocycles. The van der Waals surface area contributed by atoms with Gasteiger partial charge in [-0.15, -0.1) is 0 Å². The molecule has 0 bridgehead atoms. The molecule has 6 heteroatoms. The highest BCUT2D eigenvalue weighted by Crippen LogP contribution is 2.21. The van der Waals surface area contributed by atoms with Crippen molar-refractivity contribution in [3.05, 3.63) is 65.2 Å². The zero-order chi connectivity index (χ0) is 19.1. The lowest BCUT2D eigenvalue weighted by molar-refractivity contribution is -0.120. The minimum atomic E-state index is -0.471. The number of benzene rings is 2. The smallest absolute Gasteiger partial charge is 0.337 e. The normalized spacial score (nSPS) is 11.3. The maximum atomic E-state index is 12.5. The average Bonchev–Trinajstić information content (AvgIpc) is 2.62. The first-order valence-corrected chi connectivity index (χ1v) is 8.21. The lowest BCUT2D eigenvalue weighted by atomic mass is 10.0. The summed E-state index contributed by atoms with van der Waals surface area (Å²) in [6.07, 6.45) is 0.0749. The summed E-state index contributed by atoms with van der Waals surface area (Å²) in [5.74, 6) is -0.950. The van der Waals surface area contributed by atoms with E-state index in [1.54, 1.807) is 18.2 Å². The van der Waals surface area contributed by atoms with Crippen molar-refractivity contribution >= 4 is 23.5 Å². The standard InChI is InChI=1S/C20H22N2O4/c1-13-9-10-16(20(25)26-3)11-17(13)22-19(24)12-18(21-14(2)23)15-7-5-4-6-8-15/h4-11,18H,12H2,1-3H3,(H,21,23)(H,22,24). The van der Waals surface area contributed by atoms with E-state index in [0.717, 1.165) is 11.1 Å². The third kappa shape index (κ3) is 5.17. The molecule has 136 valence electrons. The van der Waals surface area contributed by atoms with Crippen molar-refractivity contribution in [1.29, 1.82) is 0 Å². The van der Waals surface area contributed by atoms with E-state index in [9.17, 15) is 14.4 Å². The molecule has 0 aromatic heterocycles. The molecule has 2 N–H and O–H groups in total. The molecule has 0 aliphatic carbocycles. The first-order chi connectivity index (χ1) is 12.4. The van der Waals surface area contributed by atoms with E-state index in [2.05, 4.69) is 10.6 Å². The monoisotopic (exact) mass is 354 g/mol. The Kier molecular flexibility index (Phi) is 6.49. The number of carbonyl (C=O) groups excluding carboxylic acids is 3. The molecular formula is C20H22N2O4. The molecule has 0 fully saturated rings. The highest BCUT2D eigenvalue weighted by Gasteiger charge is 2.18. The Morgan fingerprint density at radius 1 is 1.08 bits per heavy atom. The average molecular weight is 354 g/mol. The van der Waals surface area contributed by atoms with Crippen LogP contribution < -0.4 is 10.6 Å². The van der Waals surface area contributed by atoms with Crippen molar-refractivity contribution in [2.45, 2.75) is 26.3 Å². The number of ether oxygens (including phenoxy) is 1. The van der Waals surface area contributed by atoms with E-state index < -0.39 is 12.0 Å². The molecule has 2 amide bonds. The van der Waals surface area contributed by atoms with Crippen LogP contribution in [0.15, 0.2) is 48.5 Å². The summed E-state index contributed by atoms with van der Waals surface area (Å²) in [5, 5.41) is 5.60. The van der Waals surface area contributed by atoms with Gasteiger partial charge in [0.1, 0.15) is 0 Å². The molecule has 6 nitrogen and oxygen atoms in total. The van der Waals surface area contributed by atoms with Crippen LogP contribution in [0.25, 0.3) is 0 Å². The maximum absolute atomic E-state index is 12.5. The van der Waals surface area contributed by atoms with Crippen LogP contribution in [0.2, 0.25) is 0 Å². The Morgan fingerprint density at radius 2 is 1.77 bits per heavy atom. The van der Waals surface area contributed by atoms with Gasteiger partial charge in [-0.2, -0.15) is 0 Å². The number of carbonyl (C=O) groups is 3. The van der Waals surface area contributed by atoms with Crippen LogP contribution in [-0.2, 0) is 14.3 Å². The molecule has 0 heterocycles. The second-order valence-electron chi connectivity index (χ2n) is 5.94. The molecular weight excluding hydrogens is 332 g/mol. The van der Waals surface area contributed by atoms with E-state index in [4.69, 9.17) is 4.74 Å². The third-order valence-electron chi connectivity index (χ3n) is 3.90. The summed E-state index contributed by atoms with van der Waals surface area (Å²) in [7, 11) is 1.30. The second kappa shape index (κ2) is 8.80. The second-order valence-corrected chi connectivity index (χ2v) is 5.94. The fourth-order valence-corrected chi connectivity index (χ4v) is 2.57. The van der Waals surface area contributed by atoms with E-state index in [1.165, 1.54) is 14.0 Å². The zero-order valence-electron chi connectivity index (χ0n) is 15.0. The molecule has 0 aliphatic rings. The third-order valence-corrected chi connectivity index (χ3v) is 3.90. The molecule has 2 aromatic rings. The Balaban J connectivity index is 2.15. The van der Waals surface area contributed by atoms with Gasteiger partial charge >= 0.3 is 5.97 Å². The fourth-order valence-electron chi connectivity index (χ4n) is 2.57. The van der Waals surface area contributed by atoms with Crippen molar-refractivity contribution in [3.63, 3.8) is 0 Å². The molecule has 0 saturated carbocycles. The van der Waals surface area contributed by atoms with Crippen molar-refractivity contribution in [2.24, 2.45) is 0 Å². The summed E-state index contributed by atoms with van der Waals surface area (Å²) in [6, 6.07) is 13.8. The van der Waals surface area contributed by atoms with Crippen molar-refractivity contribution in [1.82, 2.24) is 5.32 Å². The number of esters is 1. The molecule has 0 saturated heterocycles. The first kappa shape index (κ1) is 19.2. The molecule has 0 spiro atoms. The Bertz CT molecular complexity index is 803. The maximum Gasteiger partial charge on any atom is 0.337 e. The van der Waals surface area contributed by atoms with Crippen molar-refractivity contribution < 1.29 is 19.1 Å². The molecule has 0 radical (unpaired) electrons. The fraction of sp³-hybridized carbons (Fsp3) is 0.250. The minimum Gasteiger partial charge on any atom is -0.465 e. The van der Waals surface area contributed by atoms with Crippen LogP contribution in [0.5, 0.6) is 0 Å². The largest absolute Gasteiger partial charge is 0.465 e. The number of nitrogens with one attached hydrogen (secondary N) is 2. The van der Waals surface area contributed by atoms with Gasteiger partial charge < -0.3 is 15.4 Å². The van der Waals surface area contributed by atoms with Crippen LogP contribution in [0.1, 0.15) is 40.9 Å². The number of rotatable bonds is 6. The topological polar surface area (TPSA) is 84.5 Å². The van der Waals surface area contributed by atoms with Crippen LogP contribution in [-0.4, -0.2) is 24.9 Å². The van der Waals surface area contributed by atoms with E-state index in [1.807, 2.05) is 37.3 Å². The van der Waals surface area contributed by atoms with Gasteiger partial charge in [-0.3, -0.25) is 9.59 Å². The van der Waals surface area contributed by atoms with Gasteiger partial charge in [-0.1, -0.05) is 36.4 Å². The number of aryl methyl sites for hydroxylation is 1.